The molecule has 0 N–H and O–H groups in total. The first-order chi connectivity index (χ1) is 6.52. The van der Waals surface area contributed by atoms with Gasteiger partial charge in [0.25, 0.3) is 0 Å². The Bertz CT molecular complexity index is 369. The summed E-state index contributed by atoms with van der Waals surface area (Å²) in [6.07, 6.45) is 0.980. The Labute approximate surface area is 90.0 Å². The minimum atomic E-state index is -0.0725. The van der Waals surface area contributed by atoms with Crippen LogP contribution in [0.25, 0.3) is 0 Å². The zero-order valence-electron chi connectivity index (χ0n) is 8.86. The Morgan fingerprint density at radius 1 is 1.43 bits per heavy atom. The van der Waals surface area contributed by atoms with E-state index in [0.717, 1.165) is 17.7 Å². The van der Waals surface area contributed by atoms with Gasteiger partial charge in [-0.2, -0.15) is 0 Å². The van der Waals surface area contributed by atoms with Gasteiger partial charge in [0.2, 0.25) is 0 Å². The lowest BCUT2D eigenvalue weighted by atomic mass is 9.99. The second-order valence-corrected chi connectivity index (χ2v) is 4.85. The van der Waals surface area contributed by atoms with E-state index >= 15 is 0 Å². The molecule has 2 rings (SSSR count). The van der Waals surface area contributed by atoms with E-state index in [-0.39, 0.29) is 5.60 Å². The van der Waals surface area contributed by atoms with E-state index in [2.05, 4.69) is 32.9 Å². The van der Waals surface area contributed by atoms with Crippen LogP contribution in [0.2, 0.25) is 0 Å². The summed E-state index contributed by atoms with van der Waals surface area (Å²) in [5.41, 5.74) is 3.61. The van der Waals surface area contributed by atoms with Gasteiger partial charge in [-0.25, -0.2) is 0 Å². The Morgan fingerprint density at radius 3 is 2.79 bits per heavy atom. The van der Waals surface area contributed by atoms with Gasteiger partial charge in [-0.3, -0.25) is 0 Å². The fourth-order valence-electron chi connectivity index (χ4n) is 2.06. The number of benzene rings is 1. The number of ether oxygens (including phenoxy) is 1. The number of fused-ring (bicyclic) bond motifs is 1. The molecular formula is C12H15ClO. The predicted octanol–water partition coefficient (Wildman–Crippen LogP) is 3.45. The van der Waals surface area contributed by atoms with Crippen molar-refractivity contribution < 1.29 is 4.74 Å². The number of rotatable bonds is 1. The Morgan fingerprint density at radius 2 is 2.14 bits per heavy atom. The lowest BCUT2D eigenvalue weighted by molar-refractivity contribution is 0.137. The number of hydrogen-bond donors (Lipinski definition) is 0. The van der Waals surface area contributed by atoms with Crippen LogP contribution >= 0.6 is 11.6 Å². The number of hydrogen-bond acceptors (Lipinski definition) is 1. The minimum Gasteiger partial charge on any atom is -0.487 e. The molecule has 0 saturated heterocycles. The molecular weight excluding hydrogens is 196 g/mol. The first-order valence-electron chi connectivity index (χ1n) is 4.89. The lowest BCUT2D eigenvalue weighted by Gasteiger charge is -2.17. The van der Waals surface area contributed by atoms with Crippen LogP contribution < -0.4 is 4.74 Å². The first kappa shape index (κ1) is 9.85. The summed E-state index contributed by atoms with van der Waals surface area (Å²) in [5.74, 6) is 1.54. The highest BCUT2D eigenvalue weighted by Gasteiger charge is 2.31. The van der Waals surface area contributed by atoms with Crippen molar-refractivity contribution in [3.63, 3.8) is 0 Å². The molecule has 2 heteroatoms. The maximum atomic E-state index is 5.90. The number of aryl methyl sites for hydroxylation is 1. The summed E-state index contributed by atoms with van der Waals surface area (Å²) < 4.78 is 5.89. The van der Waals surface area contributed by atoms with Gasteiger partial charge in [0.1, 0.15) is 11.4 Å². The van der Waals surface area contributed by atoms with Crippen molar-refractivity contribution in [3.8, 4) is 5.75 Å². The predicted molar refractivity (Wildman–Crippen MR) is 59.1 cm³/mol. The molecule has 1 nitrogen and oxygen atoms in total. The van der Waals surface area contributed by atoms with Crippen molar-refractivity contribution in [2.24, 2.45) is 0 Å². The van der Waals surface area contributed by atoms with Crippen LogP contribution in [0.3, 0.4) is 0 Å². The van der Waals surface area contributed by atoms with Crippen LogP contribution in [0.4, 0.5) is 0 Å². The molecule has 0 saturated carbocycles. The fraction of sp³-hybridized carbons (Fsp3) is 0.500. The zero-order valence-corrected chi connectivity index (χ0v) is 9.61. The molecule has 14 heavy (non-hydrogen) atoms. The highest BCUT2D eigenvalue weighted by atomic mass is 35.5. The first-order valence-corrected chi connectivity index (χ1v) is 5.43. The Kier molecular flexibility index (Phi) is 2.23. The molecule has 0 radical (unpaired) electrons. The standard InChI is InChI=1S/C12H15ClO/c1-8-4-9-6-12(2,3)14-11(9)10(5-8)7-13/h4-5H,6-7H2,1-3H3. The average Bonchev–Trinajstić information content (AvgIpc) is 2.37. The zero-order chi connectivity index (χ0) is 10.3. The molecule has 0 atom stereocenters. The van der Waals surface area contributed by atoms with Crippen LogP contribution in [0.5, 0.6) is 5.75 Å². The molecule has 1 aliphatic rings. The summed E-state index contributed by atoms with van der Waals surface area (Å²) in [4.78, 5) is 0. The van der Waals surface area contributed by atoms with Gasteiger partial charge >= 0.3 is 0 Å². The second-order valence-electron chi connectivity index (χ2n) is 4.58. The van der Waals surface area contributed by atoms with Gasteiger partial charge in [0, 0.05) is 12.0 Å². The van der Waals surface area contributed by atoms with E-state index in [0.29, 0.717) is 5.88 Å². The molecule has 1 aromatic rings. The van der Waals surface area contributed by atoms with Crippen LogP contribution in [0.1, 0.15) is 30.5 Å². The van der Waals surface area contributed by atoms with E-state index in [4.69, 9.17) is 16.3 Å². The molecule has 0 bridgehead atoms. The van der Waals surface area contributed by atoms with E-state index in [1.165, 1.54) is 11.1 Å². The molecule has 1 heterocycles. The molecule has 0 aliphatic carbocycles. The highest BCUT2D eigenvalue weighted by molar-refractivity contribution is 6.17. The summed E-state index contributed by atoms with van der Waals surface area (Å²) >= 11 is 5.90. The monoisotopic (exact) mass is 210 g/mol. The Balaban J connectivity index is 2.50. The molecule has 0 amide bonds. The Hall–Kier alpha value is -0.690. The minimum absolute atomic E-state index is 0.0725. The van der Waals surface area contributed by atoms with Crippen LogP contribution in [0.15, 0.2) is 12.1 Å². The van der Waals surface area contributed by atoms with Gasteiger partial charge in [0.05, 0.1) is 5.88 Å². The lowest BCUT2D eigenvalue weighted by Crippen LogP contribution is -2.24. The van der Waals surface area contributed by atoms with E-state index in [1.54, 1.807) is 0 Å². The molecule has 0 spiro atoms. The van der Waals surface area contributed by atoms with Crippen LogP contribution in [0, 0.1) is 6.92 Å². The molecule has 76 valence electrons. The van der Waals surface area contributed by atoms with Crippen molar-refractivity contribution in [1.29, 1.82) is 0 Å². The highest BCUT2D eigenvalue weighted by Crippen LogP contribution is 2.38. The third kappa shape index (κ3) is 1.61. The van der Waals surface area contributed by atoms with Crippen molar-refractivity contribution >= 4 is 11.6 Å². The van der Waals surface area contributed by atoms with Gasteiger partial charge in [0.15, 0.2) is 0 Å². The number of alkyl halides is 1. The molecule has 1 aliphatic heterocycles. The van der Waals surface area contributed by atoms with E-state index in [9.17, 15) is 0 Å². The summed E-state index contributed by atoms with van der Waals surface area (Å²) in [7, 11) is 0. The largest absolute Gasteiger partial charge is 0.487 e. The van der Waals surface area contributed by atoms with Gasteiger partial charge in [-0.15, -0.1) is 11.6 Å². The second kappa shape index (κ2) is 3.16. The van der Waals surface area contributed by atoms with Gasteiger partial charge < -0.3 is 4.74 Å². The molecule has 0 fully saturated rings. The van der Waals surface area contributed by atoms with Crippen molar-refractivity contribution in [3.05, 3.63) is 28.8 Å². The van der Waals surface area contributed by atoms with Crippen molar-refractivity contribution in [1.82, 2.24) is 0 Å². The van der Waals surface area contributed by atoms with Crippen molar-refractivity contribution in [2.45, 2.75) is 38.7 Å². The fourth-order valence-corrected chi connectivity index (χ4v) is 2.26. The molecule has 0 unspecified atom stereocenters. The third-order valence-corrected chi connectivity index (χ3v) is 2.81. The smallest absolute Gasteiger partial charge is 0.127 e. The topological polar surface area (TPSA) is 9.23 Å². The molecule has 0 aromatic heterocycles. The van der Waals surface area contributed by atoms with E-state index < -0.39 is 0 Å². The third-order valence-electron chi connectivity index (χ3n) is 2.53. The molecule has 1 aromatic carbocycles. The summed E-state index contributed by atoms with van der Waals surface area (Å²) in [6.45, 7) is 6.32. The van der Waals surface area contributed by atoms with Gasteiger partial charge in [-0.05, 0) is 26.3 Å². The van der Waals surface area contributed by atoms with Crippen LogP contribution in [-0.2, 0) is 12.3 Å². The summed E-state index contributed by atoms with van der Waals surface area (Å²) in [6, 6.07) is 4.30. The van der Waals surface area contributed by atoms with Gasteiger partial charge in [-0.1, -0.05) is 17.7 Å². The quantitative estimate of drug-likeness (QED) is 0.646. The van der Waals surface area contributed by atoms with Crippen LogP contribution in [-0.4, -0.2) is 5.60 Å². The number of halogens is 1. The average molecular weight is 211 g/mol. The normalized spacial score (nSPS) is 17.7. The SMILES string of the molecule is Cc1cc(CCl)c2c(c1)CC(C)(C)O2. The maximum absolute atomic E-state index is 5.90. The van der Waals surface area contributed by atoms with E-state index in [1.807, 2.05) is 0 Å². The van der Waals surface area contributed by atoms with Crippen molar-refractivity contribution in [2.75, 3.05) is 0 Å². The maximum Gasteiger partial charge on any atom is 0.127 e. The summed E-state index contributed by atoms with van der Waals surface area (Å²) in [5, 5.41) is 0.